The van der Waals surface area contributed by atoms with Crippen molar-refractivity contribution in [2.75, 3.05) is 23.8 Å². The number of nitrogens with zero attached hydrogens (tertiary/aromatic N) is 2. The van der Waals surface area contributed by atoms with E-state index in [0.29, 0.717) is 0 Å². The molecule has 2 aliphatic rings. The summed E-state index contributed by atoms with van der Waals surface area (Å²) in [5.74, 6) is 3.04. The molecule has 2 heterocycles. The molecule has 1 aromatic rings. The molecule has 3 heteroatoms. The van der Waals surface area contributed by atoms with Crippen molar-refractivity contribution in [2.45, 2.75) is 25.3 Å². The fraction of sp³-hybridized carbons (Fsp3) is 0.583. The minimum absolute atomic E-state index is 0.759. The summed E-state index contributed by atoms with van der Waals surface area (Å²) < 4.78 is 0. The summed E-state index contributed by atoms with van der Waals surface area (Å²) in [7, 11) is 1.92. The Morgan fingerprint density at radius 3 is 3.00 bits per heavy atom. The van der Waals surface area contributed by atoms with Gasteiger partial charge in [-0.15, -0.1) is 0 Å². The molecule has 3 rings (SSSR count). The summed E-state index contributed by atoms with van der Waals surface area (Å²) in [5.41, 5.74) is 0. The van der Waals surface area contributed by atoms with Crippen LogP contribution < -0.4 is 10.2 Å². The van der Waals surface area contributed by atoms with Crippen molar-refractivity contribution in [3.8, 4) is 0 Å². The first-order chi connectivity index (χ1) is 7.36. The molecule has 2 atom stereocenters. The SMILES string of the molecule is CNc1cccc(N2CC3CCC2C3)n1. The number of rotatable bonds is 2. The first kappa shape index (κ1) is 9.01. The Labute approximate surface area is 90.5 Å². The lowest BCUT2D eigenvalue weighted by Crippen LogP contribution is -2.32. The third kappa shape index (κ3) is 1.46. The summed E-state index contributed by atoms with van der Waals surface area (Å²) in [5, 5.41) is 3.10. The second-order valence-corrected chi connectivity index (χ2v) is 4.62. The Balaban J connectivity index is 1.86. The number of piperidine rings is 1. The number of pyridine rings is 1. The van der Waals surface area contributed by atoms with Crippen LogP contribution in [0, 0.1) is 5.92 Å². The summed E-state index contributed by atoms with van der Waals surface area (Å²) in [6.07, 6.45) is 4.16. The van der Waals surface area contributed by atoms with Gasteiger partial charge in [-0.3, -0.25) is 0 Å². The van der Waals surface area contributed by atoms with Crippen LogP contribution in [0.3, 0.4) is 0 Å². The Hall–Kier alpha value is -1.25. The molecule has 15 heavy (non-hydrogen) atoms. The molecular formula is C12H17N3. The first-order valence-corrected chi connectivity index (χ1v) is 5.78. The summed E-state index contributed by atoms with van der Waals surface area (Å²) in [4.78, 5) is 7.09. The lowest BCUT2D eigenvalue weighted by Gasteiger charge is -2.28. The molecule has 3 nitrogen and oxygen atoms in total. The van der Waals surface area contributed by atoms with Crippen LogP contribution in [0.2, 0.25) is 0 Å². The van der Waals surface area contributed by atoms with Gasteiger partial charge in [0.15, 0.2) is 0 Å². The Morgan fingerprint density at radius 1 is 1.40 bits per heavy atom. The van der Waals surface area contributed by atoms with Gasteiger partial charge in [0, 0.05) is 19.6 Å². The summed E-state index contributed by atoms with van der Waals surface area (Å²) >= 11 is 0. The van der Waals surface area contributed by atoms with E-state index in [1.807, 2.05) is 13.1 Å². The minimum Gasteiger partial charge on any atom is -0.373 e. The maximum atomic E-state index is 4.61. The number of hydrogen-bond donors (Lipinski definition) is 1. The van der Waals surface area contributed by atoms with Crippen molar-refractivity contribution in [3.63, 3.8) is 0 Å². The molecule has 2 bridgehead atoms. The van der Waals surface area contributed by atoms with E-state index in [2.05, 4.69) is 27.3 Å². The van der Waals surface area contributed by atoms with Crippen LogP contribution in [0.1, 0.15) is 19.3 Å². The predicted octanol–water partition coefficient (Wildman–Crippen LogP) is 2.11. The highest BCUT2D eigenvalue weighted by atomic mass is 15.3. The number of hydrogen-bond acceptors (Lipinski definition) is 3. The van der Waals surface area contributed by atoms with E-state index in [9.17, 15) is 0 Å². The van der Waals surface area contributed by atoms with Gasteiger partial charge in [0.1, 0.15) is 11.6 Å². The maximum Gasteiger partial charge on any atom is 0.131 e. The number of anilines is 2. The zero-order chi connectivity index (χ0) is 10.3. The van der Waals surface area contributed by atoms with Gasteiger partial charge in [-0.1, -0.05) is 6.07 Å². The average Bonchev–Trinajstić information content (AvgIpc) is 2.91. The molecular weight excluding hydrogens is 186 g/mol. The lowest BCUT2D eigenvalue weighted by atomic mass is 10.1. The number of fused-ring (bicyclic) bond motifs is 2. The zero-order valence-corrected chi connectivity index (χ0v) is 9.11. The topological polar surface area (TPSA) is 28.2 Å². The fourth-order valence-corrected chi connectivity index (χ4v) is 2.93. The van der Waals surface area contributed by atoms with Crippen molar-refractivity contribution in [3.05, 3.63) is 18.2 Å². The average molecular weight is 203 g/mol. The highest BCUT2D eigenvalue weighted by Gasteiger charge is 2.38. The van der Waals surface area contributed by atoms with Crippen LogP contribution in [-0.4, -0.2) is 24.6 Å². The minimum atomic E-state index is 0.759. The maximum absolute atomic E-state index is 4.61. The molecule has 1 saturated heterocycles. The molecule has 1 aliphatic heterocycles. The van der Waals surface area contributed by atoms with Crippen LogP contribution in [-0.2, 0) is 0 Å². The Bertz CT molecular complexity index is 364. The molecule has 1 aliphatic carbocycles. The van der Waals surface area contributed by atoms with Crippen molar-refractivity contribution in [2.24, 2.45) is 5.92 Å². The van der Waals surface area contributed by atoms with Crippen molar-refractivity contribution < 1.29 is 0 Å². The monoisotopic (exact) mass is 203 g/mol. The van der Waals surface area contributed by atoms with Gasteiger partial charge in [-0.25, -0.2) is 4.98 Å². The van der Waals surface area contributed by atoms with E-state index in [4.69, 9.17) is 0 Å². The third-order valence-corrected chi connectivity index (χ3v) is 3.69. The smallest absolute Gasteiger partial charge is 0.131 e. The molecule has 0 amide bonds. The van der Waals surface area contributed by atoms with E-state index in [1.165, 1.54) is 25.8 Å². The second-order valence-electron chi connectivity index (χ2n) is 4.62. The van der Waals surface area contributed by atoms with Gasteiger partial charge in [0.05, 0.1) is 0 Å². The van der Waals surface area contributed by atoms with Crippen LogP contribution in [0.25, 0.3) is 0 Å². The van der Waals surface area contributed by atoms with E-state index in [-0.39, 0.29) is 0 Å². The molecule has 0 aromatic carbocycles. The van der Waals surface area contributed by atoms with Crippen molar-refractivity contribution in [1.82, 2.24) is 4.98 Å². The molecule has 0 spiro atoms. The van der Waals surface area contributed by atoms with Gasteiger partial charge in [-0.2, -0.15) is 0 Å². The quantitative estimate of drug-likeness (QED) is 0.798. The third-order valence-electron chi connectivity index (χ3n) is 3.69. The highest BCUT2D eigenvalue weighted by Crippen LogP contribution is 2.39. The normalized spacial score (nSPS) is 28.5. The molecule has 1 saturated carbocycles. The van der Waals surface area contributed by atoms with E-state index >= 15 is 0 Å². The highest BCUT2D eigenvalue weighted by molar-refractivity contribution is 5.48. The van der Waals surface area contributed by atoms with Gasteiger partial charge in [-0.05, 0) is 37.3 Å². The van der Waals surface area contributed by atoms with Gasteiger partial charge < -0.3 is 10.2 Å². The fourth-order valence-electron chi connectivity index (χ4n) is 2.93. The van der Waals surface area contributed by atoms with Crippen LogP contribution >= 0.6 is 0 Å². The molecule has 1 aromatic heterocycles. The van der Waals surface area contributed by atoms with Gasteiger partial charge in [0.25, 0.3) is 0 Å². The van der Waals surface area contributed by atoms with Crippen LogP contribution in [0.5, 0.6) is 0 Å². The van der Waals surface area contributed by atoms with Gasteiger partial charge >= 0.3 is 0 Å². The molecule has 1 N–H and O–H groups in total. The Kier molecular flexibility index (Phi) is 2.04. The predicted molar refractivity (Wildman–Crippen MR) is 62.3 cm³/mol. The van der Waals surface area contributed by atoms with Crippen molar-refractivity contribution >= 4 is 11.6 Å². The summed E-state index contributed by atoms with van der Waals surface area (Å²) in [6, 6.07) is 6.98. The lowest BCUT2D eigenvalue weighted by molar-refractivity contribution is 0.550. The number of aromatic nitrogens is 1. The van der Waals surface area contributed by atoms with Gasteiger partial charge in [0.2, 0.25) is 0 Å². The zero-order valence-electron chi connectivity index (χ0n) is 9.11. The molecule has 0 radical (unpaired) electrons. The Morgan fingerprint density at radius 2 is 2.33 bits per heavy atom. The van der Waals surface area contributed by atoms with Crippen LogP contribution in [0.15, 0.2) is 18.2 Å². The van der Waals surface area contributed by atoms with E-state index < -0.39 is 0 Å². The molecule has 80 valence electrons. The van der Waals surface area contributed by atoms with Crippen LogP contribution in [0.4, 0.5) is 11.6 Å². The van der Waals surface area contributed by atoms with E-state index in [1.54, 1.807) is 0 Å². The van der Waals surface area contributed by atoms with E-state index in [0.717, 1.165) is 23.6 Å². The first-order valence-electron chi connectivity index (χ1n) is 5.78. The standard InChI is InChI=1S/C12H17N3/c1-13-11-3-2-4-12(14-11)15-8-9-5-6-10(15)7-9/h2-4,9-10H,5-8H2,1H3,(H,13,14). The number of nitrogens with one attached hydrogen (secondary N) is 1. The van der Waals surface area contributed by atoms with Crippen molar-refractivity contribution in [1.29, 1.82) is 0 Å². The largest absolute Gasteiger partial charge is 0.373 e. The second kappa shape index (κ2) is 3.40. The molecule has 2 fully saturated rings. The summed E-state index contributed by atoms with van der Waals surface area (Å²) in [6.45, 7) is 1.21. The molecule has 2 unspecified atom stereocenters.